The van der Waals surface area contributed by atoms with Crippen molar-refractivity contribution in [1.29, 1.82) is 0 Å². The summed E-state index contributed by atoms with van der Waals surface area (Å²) in [5.41, 5.74) is 2.04. The van der Waals surface area contributed by atoms with Gasteiger partial charge in [-0.05, 0) is 37.1 Å². The molecule has 0 unspecified atom stereocenters. The van der Waals surface area contributed by atoms with Gasteiger partial charge >= 0.3 is 0 Å². The van der Waals surface area contributed by atoms with E-state index in [1.54, 1.807) is 24.1 Å². The van der Waals surface area contributed by atoms with Crippen molar-refractivity contribution in [1.82, 2.24) is 4.90 Å². The normalized spacial score (nSPS) is 15.1. The van der Waals surface area contributed by atoms with Crippen LogP contribution in [-0.2, 0) is 9.53 Å². The molecule has 0 aromatic heterocycles. The summed E-state index contributed by atoms with van der Waals surface area (Å²) in [5.74, 6) is -0.200. The van der Waals surface area contributed by atoms with E-state index in [4.69, 9.17) is 9.47 Å². The highest BCUT2D eigenvalue weighted by atomic mass is 16.5. The fourth-order valence-electron chi connectivity index (χ4n) is 2.28. The predicted molar refractivity (Wildman–Crippen MR) is 74.2 cm³/mol. The first-order valence-electron chi connectivity index (χ1n) is 6.61. The van der Waals surface area contributed by atoms with Gasteiger partial charge in [-0.2, -0.15) is 0 Å². The fourth-order valence-corrected chi connectivity index (χ4v) is 2.28. The van der Waals surface area contributed by atoms with Crippen LogP contribution < -0.4 is 4.74 Å². The van der Waals surface area contributed by atoms with Crippen LogP contribution in [-0.4, -0.2) is 50.0 Å². The van der Waals surface area contributed by atoms with Gasteiger partial charge in [0, 0.05) is 18.7 Å². The molecule has 0 bridgehead atoms. The molecule has 2 rings (SSSR count). The lowest BCUT2D eigenvalue weighted by molar-refractivity contribution is -0.130. The molecule has 1 amide bonds. The Labute approximate surface area is 118 Å². The zero-order chi connectivity index (χ0) is 14.7. The maximum absolute atomic E-state index is 12.3. The number of nitrogens with zero attached hydrogens (tertiary/aromatic N) is 1. The zero-order valence-electron chi connectivity index (χ0n) is 12.1. The second kappa shape index (κ2) is 6.05. The Kier molecular flexibility index (Phi) is 4.39. The minimum Gasteiger partial charge on any atom is -0.496 e. The quantitative estimate of drug-likeness (QED) is 0.618. The molecule has 0 spiro atoms. The van der Waals surface area contributed by atoms with E-state index in [0.29, 0.717) is 31.9 Å². The lowest BCUT2D eigenvalue weighted by atomic mass is 10.00. The highest BCUT2D eigenvalue weighted by molar-refractivity contribution is 6.43. The molecule has 0 aliphatic carbocycles. The topological polar surface area (TPSA) is 55.8 Å². The average molecular weight is 277 g/mol. The largest absolute Gasteiger partial charge is 0.496 e. The third-order valence-electron chi connectivity index (χ3n) is 3.48. The Morgan fingerprint density at radius 1 is 1.15 bits per heavy atom. The molecule has 5 heteroatoms. The first-order valence-corrected chi connectivity index (χ1v) is 6.61. The Hall–Kier alpha value is -1.88. The molecule has 108 valence electrons. The van der Waals surface area contributed by atoms with Crippen molar-refractivity contribution in [3.63, 3.8) is 0 Å². The van der Waals surface area contributed by atoms with Crippen molar-refractivity contribution in [2.45, 2.75) is 13.8 Å². The molecule has 1 aromatic rings. The second-order valence-electron chi connectivity index (χ2n) is 4.87. The first-order chi connectivity index (χ1) is 9.54. The van der Waals surface area contributed by atoms with Crippen molar-refractivity contribution in [3.8, 4) is 5.75 Å². The highest BCUT2D eigenvalue weighted by Gasteiger charge is 2.26. The van der Waals surface area contributed by atoms with Crippen LogP contribution >= 0.6 is 0 Å². The predicted octanol–water partition coefficient (Wildman–Crippen LogP) is 1.35. The van der Waals surface area contributed by atoms with Crippen molar-refractivity contribution >= 4 is 11.7 Å². The number of Topliss-reactive ketones (excluding diaryl/α,β-unsaturated/α-hetero) is 1. The number of benzene rings is 1. The second-order valence-corrected chi connectivity index (χ2v) is 4.87. The number of amides is 1. The van der Waals surface area contributed by atoms with E-state index in [9.17, 15) is 9.59 Å². The molecule has 1 aromatic carbocycles. The van der Waals surface area contributed by atoms with E-state index in [-0.39, 0.29) is 0 Å². The van der Waals surface area contributed by atoms with E-state index >= 15 is 0 Å². The van der Waals surface area contributed by atoms with E-state index < -0.39 is 11.7 Å². The smallest absolute Gasteiger partial charge is 0.295 e. The molecule has 0 N–H and O–H groups in total. The van der Waals surface area contributed by atoms with Crippen LogP contribution in [0.2, 0.25) is 0 Å². The molecular weight excluding hydrogens is 258 g/mol. The SMILES string of the molecule is COc1cc(C)c(C(=O)C(=O)N2CCOCC2)cc1C. The molecule has 0 radical (unpaired) electrons. The molecular formula is C15H19NO4. The van der Waals surface area contributed by atoms with Crippen molar-refractivity contribution < 1.29 is 19.1 Å². The molecule has 1 fully saturated rings. The number of ether oxygens (including phenoxy) is 2. The molecule has 1 aliphatic heterocycles. The van der Waals surface area contributed by atoms with Crippen molar-refractivity contribution in [3.05, 3.63) is 28.8 Å². The minimum absolute atomic E-state index is 0.444. The molecule has 1 aliphatic rings. The zero-order valence-corrected chi connectivity index (χ0v) is 12.1. The number of aryl methyl sites for hydroxylation is 2. The van der Waals surface area contributed by atoms with Gasteiger partial charge in [-0.1, -0.05) is 0 Å². The van der Waals surface area contributed by atoms with Gasteiger partial charge in [-0.15, -0.1) is 0 Å². The number of carbonyl (C=O) groups is 2. The summed E-state index contributed by atoms with van der Waals surface area (Å²) in [6, 6.07) is 3.50. The van der Waals surface area contributed by atoms with E-state index in [0.717, 1.165) is 16.9 Å². The Bertz CT molecular complexity index is 533. The summed E-state index contributed by atoms with van der Waals surface area (Å²) >= 11 is 0. The lowest BCUT2D eigenvalue weighted by Crippen LogP contribution is -2.44. The van der Waals surface area contributed by atoms with E-state index in [1.165, 1.54) is 0 Å². The van der Waals surface area contributed by atoms with Gasteiger partial charge in [0.2, 0.25) is 0 Å². The van der Waals surface area contributed by atoms with Crippen LogP contribution in [0.25, 0.3) is 0 Å². The maximum Gasteiger partial charge on any atom is 0.295 e. The Balaban J connectivity index is 2.24. The van der Waals surface area contributed by atoms with Gasteiger partial charge in [0.25, 0.3) is 11.7 Å². The number of rotatable bonds is 3. The van der Waals surface area contributed by atoms with Crippen LogP contribution in [0, 0.1) is 13.8 Å². The third kappa shape index (κ3) is 2.82. The Morgan fingerprint density at radius 2 is 1.80 bits per heavy atom. The molecule has 1 saturated heterocycles. The summed E-state index contributed by atoms with van der Waals surface area (Å²) < 4.78 is 10.4. The van der Waals surface area contributed by atoms with Gasteiger partial charge in [-0.25, -0.2) is 0 Å². The third-order valence-corrected chi connectivity index (χ3v) is 3.48. The molecule has 0 atom stereocenters. The summed E-state index contributed by atoms with van der Waals surface area (Å²) in [6.45, 7) is 5.58. The fraction of sp³-hybridized carbons (Fsp3) is 0.467. The first kappa shape index (κ1) is 14.5. The number of carbonyl (C=O) groups excluding carboxylic acids is 2. The van der Waals surface area contributed by atoms with Crippen LogP contribution in [0.4, 0.5) is 0 Å². The van der Waals surface area contributed by atoms with Gasteiger partial charge in [-0.3, -0.25) is 9.59 Å². The summed E-state index contributed by atoms with van der Waals surface area (Å²) in [6.07, 6.45) is 0. The number of hydrogen-bond acceptors (Lipinski definition) is 4. The summed E-state index contributed by atoms with van der Waals surface area (Å²) in [7, 11) is 1.59. The number of methoxy groups -OCH3 is 1. The Morgan fingerprint density at radius 3 is 2.40 bits per heavy atom. The van der Waals surface area contributed by atoms with Gasteiger partial charge < -0.3 is 14.4 Å². The van der Waals surface area contributed by atoms with Crippen LogP contribution in [0.3, 0.4) is 0 Å². The molecule has 0 saturated carbocycles. The van der Waals surface area contributed by atoms with E-state index in [2.05, 4.69) is 0 Å². The van der Waals surface area contributed by atoms with Gasteiger partial charge in [0.15, 0.2) is 0 Å². The monoisotopic (exact) mass is 277 g/mol. The van der Waals surface area contributed by atoms with Crippen LogP contribution in [0.1, 0.15) is 21.5 Å². The molecule has 1 heterocycles. The average Bonchev–Trinajstić information content (AvgIpc) is 2.48. The van der Waals surface area contributed by atoms with Crippen molar-refractivity contribution in [2.24, 2.45) is 0 Å². The van der Waals surface area contributed by atoms with Crippen LogP contribution in [0.5, 0.6) is 5.75 Å². The lowest BCUT2D eigenvalue weighted by Gasteiger charge is -2.26. The van der Waals surface area contributed by atoms with Crippen LogP contribution in [0.15, 0.2) is 12.1 Å². The summed E-state index contributed by atoms with van der Waals surface area (Å²) in [4.78, 5) is 26.1. The number of ketones is 1. The number of hydrogen-bond donors (Lipinski definition) is 0. The highest BCUT2D eigenvalue weighted by Crippen LogP contribution is 2.23. The van der Waals surface area contributed by atoms with E-state index in [1.807, 2.05) is 13.8 Å². The maximum atomic E-state index is 12.3. The standard InChI is InChI=1S/C15H19NO4/c1-10-9-13(19-3)11(2)8-12(10)14(17)15(18)16-4-6-20-7-5-16/h8-9H,4-7H2,1-3H3. The summed E-state index contributed by atoms with van der Waals surface area (Å²) in [5, 5.41) is 0. The molecule has 5 nitrogen and oxygen atoms in total. The van der Waals surface area contributed by atoms with Gasteiger partial charge in [0.1, 0.15) is 5.75 Å². The molecule has 20 heavy (non-hydrogen) atoms. The van der Waals surface area contributed by atoms with Crippen molar-refractivity contribution in [2.75, 3.05) is 33.4 Å². The van der Waals surface area contributed by atoms with Gasteiger partial charge in [0.05, 0.1) is 20.3 Å². The minimum atomic E-state index is -0.463. The number of morpholine rings is 1.